The molecular formula is C24H28N6O2S. The molecule has 2 amide bonds. The summed E-state index contributed by atoms with van der Waals surface area (Å²) in [6.45, 7) is 9.18. The SMILES string of the molecule is Cc1cc(C)nc(Nc2ccc(C(=O)Nc3nc4c(s3)CN(C(=O)CC(C)C)CC4)cc2)n1. The fourth-order valence-electron chi connectivity index (χ4n) is 3.73. The van der Waals surface area contributed by atoms with Crippen molar-refractivity contribution in [2.75, 3.05) is 17.2 Å². The van der Waals surface area contributed by atoms with Crippen LogP contribution in [0, 0.1) is 19.8 Å². The number of nitrogens with zero attached hydrogens (tertiary/aromatic N) is 4. The molecule has 0 fully saturated rings. The highest BCUT2D eigenvalue weighted by Crippen LogP contribution is 2.29. The third kappa shape index (κ3) is 5.73. The van der Waals surface area contributed by atoms with Crippen LogP contribution >= 0.6 is 11.3 Å². The smallest absolute Gasteiger partial charge is 0.257 e. The Kier molecular flexibility index (Phi) is 6.69. The van der Waals surface area contributed by atoms with Crippen molar-refractivity contribution in [3.05, 3.63) is 57.9 Å². The first-order chi connectivity index (χ1) is 15.8. The molecule has 33 heavy (non-hydrogen) atoms. The van der Waals surface area contributed by atoms with Gasteiger partial charge in [0, 0.05) is 46.9 Å². The topological polar surface area (TPSA) is 100 Å². The Hall–Kier alpha value is -3.33. The van der Waals surface area contributed by atoms with Crippen LogP contribution in [-0.4, -0.2) is 38.2 Å². The maximum atomic E-state index is 12.7. The van der Waals surface area contributed by atoms with Gasteiger partial charge in [-0.15, -0.1) is 0 Å². The number of benzene rings is 1. The van der Waals surface area contributed by atoms with Gasteiger partial charge >= 0.3 is 0 Å². The van der Waals surface area contributed by atoms with Gasteiger partial charge in [0.25, 0.3) is 5.91 Å². The summed E-state index contributed by atoms with van der Waals surface area (Å²) in [4.78, 5) is 41.4. The third-order valence-electron chi connectivity index (χ3n) is 5.27. The number of carbonyl (C=O) groups excluding carboxylic acids is 2. The van der Waals surface area contributed by atoms with Gasteiger partial charge in [0.15, 0.2) is 5.13 Å². The molecule has 9 heteroatoms. The monoisotopic (exact) mass is 464 g/mol. The number of nitrogens with one attached hydrogen (secondary N) is 2. The van der Waals surface area contributed by atoms with Crippen molar-refractivity contribution < 1.29 is 9.59 Å². The van der Waals surface area contributed by atoms with Crippen LogP contribution in [0.2, 0.25) is 0 Å². The van der Waals surface area contributed by atoms with Gasteiger partial charge in [-0.25, -0.2) is 15.0 Å². The molecule has 0 saturated carbocycles. The molecule has 1 aromatic carbocycles. The van der Waals surface area contributed by atoms with E-state index in [0.29, 0.717) is 48.5 Å². The first-order valence-corrected chi connectivity index (χ1v) is 11.9. The van der Waals surface area contributed by atoms with Crippen LogP contribution in [0.1, 0.15) is 52.6 Å². The average molecular weight is 465 g/mol. The van der Waals surface area contributed by atoms with Gasteiger partial charge in [-0.1, -0.05) is 25.2 Å². The molecule has 2 aromatic heterocycles. The molecule has 172 valence electrons. The van der Waals surface area contributed by atoms with Crippen LogP contribution in [-0.2, 0) is 17.8 Å². The molecule has 3 heterocycles. The molecule has 2 N–H and O–H groups in total. The molecule has 0 radical (unpaired) electrons. The van der Waals surface area contributed by atoms with Crippen molar-refractivity contribution in [3.63, 3.8) is 0 Å². The number of hydrogen-bond acceptors (Lipinski definition) is 7. The van der Waals surface area contributed by atoms with E-state index in [4.69, 9.17) is 0 Å². The Labute approximate surface area is 197 Å². The third-order valence-corrected chi connectivity index (χ3v) is 6.27. The summed E-state index contributed by atoms with van der Waals surface area (Å²) in [5.74, 6) is 0.821. The number of fused-ring (bicyclic) bond motifs is 1. The fraction of sp³-hybridized carbons (Fsp3) is 0.375. The number of anilines is 3. The minimum Gasteiger partial charge on any atom is -0.337 e. The molecule has 0 saturated heterocycles. The Morgan fingerprint density at radius 2 is 1.79 bits per heavy atom. The van der Waals surface area contributed by atoms with Crippen LogP contribution < -0.4 is 10.6 Å². The van der Waals surface area contributed by atoms with Gasteiger partial charge in [-0.3, -0.25) is 14.9 Å². The first-order valence-electron chi connectivity index (χ1n) is 11.0. The normalized spacial score (nSPS) is 13.1. The zero-order valence-corrected chi connectivity index (χ0v) is 20.1. The van der Waals surface area contributed by atoms with E-state index >= 15 is 0 Å². The lowest BCUT2D eigenvalue weighted by atomic mass is 10.1. The zero-order chi connectivity index (χ0) is 23.5. The van der Waals surface area contributed by atoms with Crippen LogP contribution in [0.3, 0.4) is 0 Å². The second-order valence-corrected chi connectivity index (χ2v) is 9.77. The largest absolute Gasteiger partial charge is 0.337 e. The molecular weight excluding hydrogens is 436 g/mol. The van der Waals surface area contributed by atoms with E-state index in [0.717, 1.165) is 27.6 Å². The van der Waals surface area contributed by atoms with Gasteiger partial charge in [0.1, 0.15) is 0 Å². The quantitative estimate of drug-likeness (QED) is 0.558. The van der Waals surface area contributed by atoms with E-state index in [1.54, 1.807) is 12.1 Å². The van der Waals surface area contributed by atoms with E-state index in [9.17, 15) is 9.59 Å². The van der Waals surface area contributed by atoms with E-state index in [1.165, 1.54) is 11.3 Å². The standard InChI is InChI=1S/C24H28N6O2S/c1-14(2)11-21(31)30-10-9-19-20(13-30)33-24(28-19)29-22(32)17-5-7-18(8-6-17)27-23-25-15(3)12-16(4)26-23/h5-8,12,14H,9-11,13H2,1-4H3,(H,25,26,27)(H,28,29,32). The van der Waals surface area contributed by atoms with E-state index in [-0.39, 0.29) is 11.8 Å². The number of rotatable bonds is 6. The minimum absolute atomic E-state index is 0.176. The Morgan fingerprint density at radius 3 is 2.45 bits per heavy atom. The summed E-state index contributed by atoms with van der Waals surface area (Å²) in [5, 5.41) is 6.62. The van der Waals surface area contributed by atoms with Gasteiger partial charge in [0.05, 0.1) is 12.2 Å². The molecule has 0 bridgehead atoms. The zero-order valence-electron chi connectivity index (χ0n) is 19.3. The predicted octanol–water partition coefficient (Wildman–Crippen LogP) is 4.48. The van der Waals surface area contributed by atoms with Crippen LogP contribution in [0.25, 0.3) is 0 Å². The molecule has 0 atom stereocenters. The average Bonchev–Trinajstić information content (AvgIpc) is 3.14. The number of amides is 2. The van der Waals surface area contributed by atoms with E-state index in [1.807, 2.05) is 50.8 Å². The maximum absolute atomic E-state index is 12.7. The second kappa shape index (κ2) is 9.66. The van der Waals surface area contributed by atoms with Crippen molar-refractivity contribution in [1.29, 1.82) is 0 Å². The van der Waals surface area contributed by atoms with Crippen molar-refractivity contribution in [2.24, 2.45) is 5.92 Å². The highest BCUT2D eigenvalue weighted by molar-refractivity contribution is 7.15. The van der Waals surface area contributed by atoms with Crippen LogP contribution in [0.5, 0.6) is 0 Å². The van der Waals surface area contributed by atoms with Crippen molar-refractivity contribution in [1.82, 2.24) is 19.9 Å². The van der Waals surface area contributed by atoms with Crippen molar-refractivity contribution >= 4 is 39.9 Å². The fourth-order valence-corrected chi connectivity index (χ4v) is 4.74. The molecule has 4 rings (SSSR count). The predicted molar refractivity (Wildman–Crippen MR) is 130 cm³/mol. The van der Waals surface area contributed by atoms with Gasteiger partial charge < -0.3 is 10.2 Å². The highest BCUT2D eigenvalue weighted by Gasteiger charge is 2.25. The Morgan fingerprint density at radius 1 is 1.09 bits per heavy atom. The second-order valence-electron chi connectivity index (χ2n) is 8.68. The van der Waals surface area contributed by atoms with E-state index < -0.39 is 0 Å². The summed E-state index contributed by atoms with van der Waals surface area (Å²) in [6, 6.07) is 9.05. The lowest BCUT2D eigenvalue weighted by molar-refractivity contribution is -0.132. The number of aromatic nitrogens is 3. The molecule has 0 unspecified atom stereocenters. The van der Waals surface area contributed by atoms with Gasteiger partial charge in [-0.05, 0) is 50.1 Å². The van der Waals surface area contributed by atoms with Gasteiger partial charge in [0.2, 0.25) is 11.9 Å². The summed E-state index contributed by atoms with van der Waals surface area (Å²) in [6.07, 6.45) is 1.27. The maximum Gasteiger partial charge on any atom is 0.257 e. The first kappa shape index (κ1) is 22.8. The Balaban J connectivity index is 1.38. The lowest BCUT2D eigenvalue weighted by Crippen LogP contribution is -2.36. The Bertz CT molecular complexity index is 1150. The van der Waals surface area contributed by atoms with Crippen molar-refractivity contribution in [2.45, 2.75) is 47.1 Å². The molecule has 1 aliphatic rings. The van der Waals surface area contributed by atoms with Gasteiger partial charge in [-0.2, -0.15) is 0 Å². The summed E-state index contributed by atoms with van der Waals surface area (Å²) < 4.78 is 0. The number of aryl methyl sites for hydroxylation is 2. The van der Waals surface area contributed by atoms with Crippen LogP contribution in [0.4, 0.5) is 16.8 Å². The number of thiazole rings is 1. The minimum atomic E-state index is -0.219. The summed E-state index contributed by atoms with van der Waals surface area (Å²) in [5.41, 5.74) is 4.08. The van der Waals surface area contributed by atoms with Crippen molar-refractivity contribution in [3.8, 4) is 0 Å². The number of hydrogen-bond donors (Lipinski definition) is 2. The molecule has 0 aliphatic carbocycles. The lowest BCUT2D eigenvalue weighted by Gasteiger charge is -2.26. The highest BCUT2D eigenvalue weighted by atomic mass is 32.1. The molecule has 8 nitrogen and oxygen atoms in total. The molecule has 3 aromatic rings. The molecule has 1 aliphatic heterocycles. The van der Waals surface area contributed by atoms with Crippen LogP contribution in [0.15, 0.2) is 30.3 Å². The summed E-state index contributed by atoms with van der Waals surface area (Å²) >= 11 is 1.44. The number of carbonyl (C=O) groups is 2. The van der Waals surface area contributed by atoms with E-state index in [2.05, 4.69) is 25.6 Å². The molecule has 0 spiro atoms. The summed E-state index contributed by atoms with van der Waals surface area (Å²) in [7, 11) is 0.